The van der Waals surface area contributed by atoms with Crippen LogP contribution in [-0.4, -0.2) is 31.2 Å². The Morgan fingerprint density at radius 2 is 1.87 bits per heavy atom. The SMILES string of the molecule is CNC(=O)c1c(-c2ccc(F)cc2)oc2cc3c(cc12)-c1ccccc1C[C@H]1[C@@H](C2C=CC=CC2)OC(=O)N31. The van der Waals surface area contributed by atoms with Crippen LogP contribution >= 0.6 is 0 Å². The summed E-state index contributed by atoms with van der Waals surface area (Å²) >= 11 is 0. The summed E-state index contributed by atoms with van der Waals surface area (Å²) in [5.74, 6) is -0.267. The number of rotatable bonds is 3. The van der Waals surface area contributed by atoms with Gasteiger partial charge in [0.1, 0.15) is 23.3 Å². The molecule has 2 aliphatic heterocycles. The van der Waals surface area contributed by atoms with E-state index < -0.39 is 6.09 Å². The Labute approximate surface area is 224 Å². The number of anilines is 1. The number of carbonyl (C=O) groups is 2. The molecule has 6 nitrogen and oxygen atoms in total. The fourth-order valence-corrected chi connectivity index (χ4v) is 6.12. The third-order valence-electron chi connectivity index (χ3n) is 7.94. The third kappa shape index (κ3) is 3.68. The number of furan rings is 1. The van der Waals surface area contributed by atoms with E-state index in [0.717, 1.165) is 23.1 Å². The summed E-state index contributed by atoms with van der Waals surface area (Å²) in [7, 11) is 1.56. The number of benzene rings is 3. The minimum Gasteiger partial charge on any atom is -0.455 e. The fourth-order valence-electron chi connectivity index (χ4n) is 6.12. The van der Waals surface area contributed by atoms with Gasteiger partial charge in [0.2, 0.25) is 0 Å². The molecule has 4 aromatic rings. The van der Waals surface area contributed by atoms with Crippen molar-refractivity contribution < 1.29 is 23.1 Å². The number of hydrogen-bond acceptors (Lipinski definition) is 4. The summed E-state index contributed by atoms with van der Waals surface area (Å²) < 4.78 is 26.0. The van der Waals surface area contributed by atoms with Crippen molar-refractivity contribution in [3.8, 4) is 22.5 Å². The van der Waals surface area contributed by atoms with Crippen LogP contribution in [0.2, 0.25) is 0 Å². The number of nitrogens with zero attached hydrogens (tertiary/aromatic N) is 1. The van der Waals surface area contributed by atoms with Crippen LogP contribution in [0.4, 0.5) is 14.9 Å². The molecule has 3 aromatic carbocycles. The standard InChI is InChI=1S/C32H25FN2O4/c1-34-31(36)28-24-16-23-22-10-6-5-9-20(22)15-26-29(18-7-3-2-4-8-18)39-32(37)35(26)25(23)17-27(24)38-30(28)19-11-13-21(33)14-12-19/h2-7,9-14,16-18,26,29H,8,15H2,1H3,(H,34,36)/t18?,26-,29+/m0/s1. The van der Waals surface area contributed by atoms with Gasteiger partial charge in [-0.25, -0.2) is 9.18 Å². The summed E-state index contributed by atoms with van der Waals surface area (Å²) in [6.45, 7) is 0. The zero-order chi connectivity index (χ0) is 26.7. The van der Waals surface area contributed by atoms with E-state index >= 15 is 0 Å². The Bertz CT molecular complexity index is 1700. The van der Waals surface area contributed by atoms with E-state index in [9.17, 15) is 14.0 Å². The first-order chi connectivity index (χ1) is 19.0. The van der Waals surface area contributed by atoms with Crippen LogP contribution in [0.3, 0.4) is 0 Å². The van der Waals surface area contributed by atoms with Crippen molar-refractivity contribution in [3.63, 3.8) is 0 Å². The first kappa shape index (κ1) is 23.5. The monoisotopic (exact) mass is 520 g/mol. The third-order valence-corrected chi connectivity index (χ3v) is 7.94. The number of cyclic esters (lactones) is 1. The van der Waals surface area contributed by atoms with Crippen molar-refractivity contribution in [3.05, 3.63) is 102 Å². The quantitative estimate of drug-likeness (QED) is 0.328. The van der Waals surface area contributed by atoms with E-state index in [1.807, 2.05) is 42.5 Å². The van der Waals surface area contributed by atoms with Crippen molar-refractivity contribution in [2.24, 2.45) is 5.92 Å². The molecule has 1 saturated heterocycles. The van der Waals surface area contributed by atoms with Crippen LogP contribution in [0.1, 0.15) is 22.3 Å². The van der Waals surface area contributed by atoms with Gasteiger partial charge in [-0.2, -0.15) is 0 Å². The molecular formula is C32H25FN2O4. The van der Waals surface area contributed by atoms with Gasteiger partial charge in [-0.05, 0) is 54.3 Å². The number of allylic oxidation sites excluding steroid dienone is 3. The van der Waals surface area contributed by atoms with Crippen LogP contribution in [0.25, 0.3) is 33.4 Å². The summed E-state index contributed by atoms with van der Waals surface area (Å²) in [6.07, 6.45) is 8.98. The lowest BCUT2D eigenvalue weighted by molar-refractivity contribution is 0.0964. The van der Waals surface area contributed by atoms with Gasteiger partial charge in [0.15, 0.2) is 0 Å². The first-order valence-electron chi connectivity index (χ1n) is 13.0. The zero-order valence-electron chi connectivity index (χ0n) is 21.2. The molecular weight excluding hydrogens is 495 g/mol. The van der Waals surface area contributed by atoms with Crippen molar-refractivity contribution in [2.75, 3.05) is 11.9 Å². The molecule has 3 aliphatic rings. The number of amides is 2. The van der Waals surface area contributed by atoms with Gasteiger partial charge in [-0.3, -0.25) is 9.69 Å². The molecule has 0 bridgehead atoms. The maximum absolute atomic E-state index is 13.7. The smallest absolute Gasteiger partial charge is 0.415 e. The molecule has 1 unspecified atom stereocenters. The summed E-state index contributed by atoms with van der Waals surface area (Å²) in [4.78, 5) is 28.4. The molecule has 3 atom stereocenters. The average molecular weight is 521 g/mol. The normalized spacial score (nSPS) is 21.2. The van der Waals surface area contributed by atoms with Crippen LogP contribution < -0.4 is 10.2 Å². The van der Waals surface area contributed by atoms with Crippen LogP contribution in [0, 0.1) is 11.7 Å². The molecule has 1 fully saturated rings. The highest BCUT2D eigenvalue weighted by atomic mass is 19.1. The molecule has 2 amide bonds. The highest BCUT2D eigenvalue weighted by molar-refractivity contribution is 6.13. The maximum atomic E-state index is 13.7. The largest absolute Gasteiger partial charge is 0.455 e. The fraction of sp³-hybridized carbons (Fsp3) is 0.188. The predicted molar refractivity (Wildman–Crippen MR) is 147 cm³/mol. The Morgan fingerprint density at radius 1 is 1.05 bits per heavy atom. The van der Waals surface area contributed by atoms with Crippen molar-refractivity contribution >= 4 is 28.7 Å². The predicted octanol–water partition coefficient (Wildman–Crippen LogP) is 6.65. The van der Waals surface area contributed by atoms with Crippen molar-refractivity contribution in [1.29, 1.82) is 0 Å². The van der Waals surface area contributed by atoms with Gasteiger partial charge in [-0.15, -0.1) is 0 Å². The Kier molecular flexibility index (Phi) is 5.40. The van der Waals surface area contributed by atoms with Crippen LogP contribution in [-0.2, 0) is 11.2 Å². The number of hydrogen-bond donors (Lipinski definition) is 1. The van der Waals surface area contributed by atoms with Gasteiger partial charge < -0.3 is 14.5 Å². The molecule has 1 N–H and O–H groups in total. The number of halogens is 1. The van der Waals surface area contributed by atoms with Crippen molar-refractivity contribution in [2.45, 2.75) is 25.0 Å². The molecule has 0 spiro atoms. The number of carbonyl (C=O) groups excluding carboxylic acids is 2. The first-order valence-corrected chi connectivity index (χ1v) is 13.0. The zero-order valence-corrected chi connectivity index (χ0v) is 21.2. The summed E-state index contributed by atoms with van der Waals surface area (Å²) in [6, 6.07) is 17.5. The Morgan fingerprint density at radius 3 is 2.64 bits per heavy atom. The second-order valence-electron chi connectivity index (χ2n) is 10.1. The molecule has 1 aliphatic carbocycles. The average Bonchev–Trinajstić information content (AvgIpc) is 3.45. The Hall–Kier alpha value is -4.65. The van der Waals surface area contributed by atoms with E-state index in [-0.39, 0.29) is 29.8 Å². The second-order valence-corrected chi connectivity index (χ2v) is 10.1. The lowest BCUT2D eigenvalue weighted by Crippen LogP contribution is -2.40. The molecule has 1 aromatic heterocycles. The van der Waals surface area contributed by atoms with Gasteiger partial charge >= 0.3 is 6.09 Å². The van der Waals surface area contributed by atoms with E-state index in [0.29, 0.717) is 40.0 Å². The molecule has 0 saturated carbocycles. The molecule has 7 rings (SSSR count). The minimum atomic E-state index is -0.391. The van der Waals surface area contributed by atoms with Crippen LogP contribution in [0.5, 0.6) is 0 Å². The number of ether oxygens (including phenoxy) is 1. The van der Waals surface area contributed by atoms with Gasteiger partial charge in [0.05, 0.1) is 17.3 Å². The lowest BCUT2D eigenvalue weighted by atomic mass is 9.87. The second kappa shape index (κ2) is 8.98. The number of nitrogens with one attached hydrogen (secondary N) is 1. The van der Waals surface area contributed by atoms with Gasteiger partial charge in [0, 0.05) is 35.5 Å². The molecule has 7 heteroatoms. The van der Waals surface area contributed by atoms with E-state index in [4.69, 9.17) is 9.15 Å². The number of fused-ring (bicyclic) bond motifs is 6. The van der Waals surface area contributed by atoms with Crippen LogP contribution in [0.15, 0.2) is 89.4 Å². The van der Waals surface area contributed by atoms with Gasteiger partial charge in [0.25, 0.3) is 5.91 Å². The highest BCUT2D eigenvalue weighted by Crippen LogP contribution is 2.47. The summed E-state index contributed by atoms with van der Waals surface area (Å²) in [5, 5.41) is 3.33. The maximum Gasteiger partial charge on any atom is 0.415 e. The molecule has 194 valence electrons. The Balaban J connectivity index is 1.46. The molecule has 0 radical (unpaired) electrons. The highest BCUT2D eigenvalue weighted by Gasteiger charge is 2.48. The van der Waals surface area contributed by atoms with E-state index in [2.05, 4.69) is 23.5 Å². The molecule has 3 heterocycles. The van der Waals surface area contributed by atoms with E-state index in [1.165, 1.54) is 12.1 Å². The molecule has 39 heavy (non-hydrogen) atoms. The topological polar surface area (TPSA) is 71.8 Å². The van der Waals surface area contributed by atoms with Crippen molar-refractivity contribution in [1.82, 2.24) is 5.32 Å². The minimum absolute atomic E-state index is 0.0833. The van der Waals surface area contributed by atoms with E-state index in [1.54, 1.807) is 24.1 Å². The summed E-state index contributed by atoms with van der Waals surface area (Å²) in [5.41, 5.74) is 5.02. The van der Waals surface area contributed by atoms with Gasteiger partial charge in [-0.1, -0.05) is 48.6 Å². The lowest BCUT2D eigenvalue weighted by Gasteiger charge is -2.27.